The molecule has 0 amide bonds. The number of anilines is 2. The first-order valence-electron chi connectivity index (χ1n) is 6.83. The van der Waals surface area contributed by atoms with Crippen molar-refractivity contribution in [1.29, 1.82) is 0 Å². The summed E-state index contributed by atoms with van der Waals surface area (Å²) in [6.45, 7) is 2.82. The van der Waals surface area contributed by atoms with Crippen molar-refractivity contribution in [2.75, 3.05) is 25.6 Å². The largest absolute Gasteiger partial charge is 0.497 e. The molecule has 0 heterocycles. The number of nitrogens with zero attached hydrogens (tertiary/aromatic N) is 1. The second-order valence-electron chi connectivity index (χ2n) is 4.92. The molecule has 0 fully saturated rings. The molecule has 20 heavy (non-hydrogen) atoms. The molecule has 2 rings (SSSR count). The number of hydrogen-bond donors (Lipinski definition) is 1. The fraction of sp³-hybridized carbons (Fsp3) is 0.294. The highest BCUT2D eigenvalue weighted by molar-refractivity contribution is 5.66. The summed E-state index contributed by atoms with van der Waals surface area (Å²) in [5, 5.41) is 0. The lowest BCUT2D eigenvalue weighted by Crippen LogP contribution is -2.11. The third-order valence-corrected chi connectivity index (χ3v) is 3.52. The molecule has 2 aromatic rings. The van der Waals surface area contributed by atoms with Crippen molar-refractivity contribution >= 4 is 11.4 Å². The minimum Gasteiger partial charge on any atom is -0.497 e. The van der Waals surface area contributed by atoms with Gasteiger partial charge in [0, 0.05) is 18.4 Å². The van der Waals surface area contributed by atoms with Gasteiger partial charge in [-0.2, -0.15) is 0 Å². The third kappa shape index (κ3) is 3.11. The molecule has 3 nitrogen and oxygen atoms in total. The molecule has 0 atom stereocenters. The number of aryl methyl sites for hydroxylation is 1. The fourth-order valence-corrected chi connectivity index (χ4v) is 2.36. The van der Waals surface area contributed by atoms with Gasteiger partial charge >= 0.3 is 0 Å². The van der Waals surface area contributed by atoms with E-state index < -0.39 is 0 Å². The zero-order valence-corrected chi connectivity index (χ0v) is 12.4. The van der Waals surface area contributed by atoms with Gasteiger partial charge in [-0.25, -0.2) is 0 Å². The van der Waals surface area contributed by atoms with Gasteiger partial charge in [0.1, 0.15) is 5.75 Å². The molecule has 3 heteroatoms. The fourth-order valence-electron chi connectivity index (χ4n) is 2.36. The monoisotopic (exact) mass is 270 g/mol. The highest BCUT2D eigenvalue weighted by atomic mass is 16.5. The van der Waals surface area contributed by atoms with Crippen molar-refractivity contribution in [1.82, 2.24) is 0 Å². The maximum Gasteiger partial charge on any atom is 0.119 e. The van der Waals surface area contributed by atoms with E-state index in [0.717, 1.165) is 17.9 Å². The van der Waals surface area contributed by atoms with Crippen molar-refractivity contribution in [3.05, 3.63) is 53.6 Å². The Kier molecular flexibility index (Phi) is 4.64. The zero-order valence-electron chi connectivity index (χ0n) is 12.4. The summed E-state index contributed by atoms with van der Waals surface area (Å²) in [6, 6.07) is 14.6. The Bertz CT molecular complexity index is 564. The van der Waals surface area contributed by atoms with Crippen LogP contribution in [0, 0.1) is 6.92 Å². The second kappa shape index (κ2) is 6.44. The summed E-state index contributed by atoms with van der Waals surface area (Å²) in [5.74, 6) is 0.872. The van der Waals surface area contributed by atoms with Gasteiger partial charge in [0.2, 0.25) is 0 Å². The molecule has 0 aromatic heterocycles. The van der Waals surface area contributed by atoms with Gasteiger partial charge in [0.25, 0.3) is 0 Å². The van der Waals surface area contributed by atoms with E-state index in [9.17, 15) is 0 Å². The highest BCUT2D eigenvalue weighted by Crippen LogP contribution is 2.28. The first-order chi connectivity index (χ1) is 9.65. The molecule has 0 bridgehead atoms. The van der Waals surface area contributed by atoms with Crippen LogP contribution < -0.4 is 15.4 Å². The Hall–Kier alpha value is -2.00. The van der Waals surface area contributed by atoms with Crippen LogP contribution in [0.1, 0.15) is 11.1 Å². The Morgan fingerprint density at radius 3 is 2.35 bits per heavy atom. The number of methoxy groups -OCH3 is 1. The van der Waals surface area contributed by atoms with Gasteiger partial charge < -0.3 is 15.4 Å². The smallest absolute Gasteiger partial charge is 0.119 e. The van der Waals surface area contributed by atoms with Crippen LogP contribution in [0.4, 0.5) is 11.4 Å². The average molecular weight is 270 g/mol. The molecule has 0 saturated heterocycles. The van der Waals surface area contributed by atoms with E-state index in [1.54, 1.807) is 7.11 Å². The normalized spacial score (nSPS) is 10.4. The van der Waals surface area contributed by atoms with E-state index >= 15 is 0 Å². The Balaban J connectivity index is 2.25. The van der Waals surface area contributed by atoms with E-state index in [1.165, 1.54) is 16.8 Å². The van der Waals surface area contributed by atoms with Crippen LogP contribution in [0.15, 0.2) is 42.5 Å². The topological polar surface area (TPSA) is 38.5 Å². The second-order valence-corrected chi connectivity index (χ2v) is 4.92. The summed E-state index contributed by atoms with van der Waals surface area (Å²) in [7, 11) is 3.76. The first kappa shape index (κ1) is 14.4. The standard InChI is InChI=1S/C17H22N2O/c1-13-12-14(10-11-18)4-9-17(13)19(2)15-5-7-16(20-3)8-6-15/h4-9,12H,10-11,18H2,1-3H3. The van der Waals surface area contributed by atoms with Crippen molar-refractivity contribution < 1.29 is 4.74 Å². The molecular formula is C17H22N2O. The predicted octanol–water partition coefficient (Wildman–Crippen LogP) is 3.27. The lowest BCUT2D eigenvalue weighted by molar-refractivity contribution is 0.415. The van der Waals surface area contributed by atoms with Crippen molar-refractivity contribution in [3.8, 4) is 5.75 Å². The molecule has 0 aliphatic heterocycles. The van der Waals surface area contributed by atoms with Gasteiger partial charge in [0.15, 0.2) is 0 Å². The van der Waals surface area contributed by atoms with Crippen molar-refractivity contribution in [2.24, 2.45) is 5.73 Å². The predicted molar refractivity (Wildman–Crippen MR) is 85.0 cm³/mol. The molecule has 106 valence electrons. The molecule has 0 aliphatic carbocycles. The summed E-state index contributed by atoms with van der Waals surface area (Å²) in [4.78, 5) is 2.18. The van der Waals surface area contributed by atoms with Crippen molar-refractivity contribution in [2.45, 2.75) is 13.3 Å². The highest BCUT2D eigenvalue weighted by Gasteiger charge is 2.07. The van der Waals surface area contributed by atoms with Crippen LogP contribution in [-0.2, 0) is 6.42 Å². The SMILES string of the molecule is COc1ccc(N(C)c2ccc(CCN)cc2C)cc1. The molecular weight excluding hydrogens is 248 g/mol. The number of rotatable bonds is 5. The van der Waals surface area contributed by atoms with E-state index in [0.29, 0.717) is 6.54 Å². The van der Waals surface area contributed by atoms with Gasteiger partial charge in [-0.3, -0.25) is 0 Å². The van der Waals surface area contributed by atoms with Crippen LogP contribution in [0.5, 0.6) is 5.75 Å². The third-order valence-electron chi connectivity index (χ3n) is 3.52. The molecule has 0 aliphatic rings. The van der Waals surface area contributed by atoms with Crippen LogP contribution in [0.2, 0.25) is 0 Å². The molecule has 0 unspecified atom stereocenters. The maximum absolute atomic E-state index is 5.60. The molecule has 2 aromatic carbocycles. The Morgan fingerprint density at radius 1 is 1.10 bits per heavy atom. The quantitative estimate of drug-likeness (QED) is 0.906. The summed E-state index contributed by atoms with van der Waals surface area (Å²) < 4.78 is 5.19. The number of benzene rings is 2. The van der Waals surface area contributed by atoms with Gasteiger partial charge in [-0.15, -0.1) is 0 Å². The Morgan fingerprint density at radius 2 is 1.80 bits per heavy atom. The van der Waals surface area contributed by atoms with Crippen LogP contribution in [0.25, 0.3) is 0 Å². The van der Waals surface area contributed by atoms with Crippen LogP contribution >= 0.6 is 0 Å². The average Bonchev–Trinajstić information content (AvgIpc) is 2.47. The van der Waals surface area contributed by atoms with Gasteiger partial charge in [0.05, 0.1) is 7.11 Å². The summed E-state index contributed by atoms with van der Waals surface area (Å²) in [5.41, 5.74) is 10.5. The minimum absolute atomic E-state index is 0.688. The van der Waals surface area contributed by atoms with Crippen molar-refractivity contribution in [3.63, 3.8) is 0 Å². The molecule has 0 spiro atoms. The van der Waals surface area contributed by atoms with Gasteiger partial charge in [-0.05, 0) is 61.3 Å². The van der Waals surface area contributed by atoms with E-state index in [1.807, 2.05) is 12.1 Å². The molecule has 0 saturated carbocycles. The van der Waals surface area contributed by atoms with Crippen LogP contribution in [-0.4, -0.2) is 20.7 Å². The lowest BCUT2D eigenvalue weighted by Gasteiger charge is -2.22. The van der Waals surface area contributed by atoms with Gasteiger partial charge in [-0.1, -0.05) is 12.1 Å². The minimum atomic E-state index is 0.688. The molecule has 2 N–H and O–H groups in total. The zero-order chi connectivity index (χ0) is 14.5. The van der Waals surface area contributed by atoms with E-state index in [2.05, 4.69) is 49.2 Å². The van der Waals surface area contributed by atoms with E-state index in [4.69, 9.17) is 10.5 Å². The molecule has 0 radical (unpaired) electrons. The summed E-state index contributed by atoms with van der Waals surface area (Å²) in [6.07, 6.45) is 0.924. The number of ether oxygens (including phenoxy) is 1. The first-order valence-corrected chi connectivity index (χ1v) is 6.83. The Labute approximate surface area is 121 Å². The van der Waals surface area contributed by atoms with Crippen LogP contribution in [0.3, 0.4) is 0 Å². The number of hydrogen-bond acceptors (Lipinski definition) is 3. The maximum atomic E-state index is 5.60. The summed E-state index contributed by atoms with van der Waals surface area (Å²) >= 11 is 0. The van der Waals surface area contributed by atoms with E-state index in [-0.39, 0.29) is 0 Å². The number of nitrogens with two attached hydrogens (primary N) is 1. The lowest BCUT2D eigenvalue weighted by atomic mass is 10.1.